The molecule has 1 aliphatic heterocycles. The van der Waals surface area contributed by atoms with Gasteiger partial charge in [0.15, 0.2) is 5.82 Å². The van der Waals surface area contributed by atoms with E-state index in [1.807, 2.05) is 11.8 Å². The van der Waals surface area contributed by atoms with Crippen molar-refractivity contribution in [2.45, 2.75) is 32.2 Å². The number of piperidine rings is 1. The maximum atomic E-state index is 11.0. The summed E-state index contributed by atoms with van der Waals surface area (Å²) < 4.78 is 0. The summed E-state index contributed by atoms with van der Waals surface area (Å²) in [6, 6.07) is -0.105. The van der Waals surface area contributed by atoms with Crippen LogP contribution in [0.25, 0.3) is 0 Å². The molecule has 2 rings (SSSR count). The third-order valence-electron chi connectivity index (χ3n) is 3.92. The summed E-state index contributed by atoms with van der Waals surface area (Å²) >= 11 is 6.17. The Morgan fingerprint density at radius 1 is 1.55 bits per heavy atom. The fourth-order valence-corrected chi connectivity index (χ4v) is 2.66. The SMILES string of the molecule is CCC(CO)Nc1ncc(Cl)c(N2CCC(C(=O)O)CC2)n1. The van der Waals surface area contributed by atoms with Crippen molar-refractivity contribution in [3.8, 4) is 0 Å². The molecule has 2 heterocycles. The third kappa shape index (κ3) is 3.98. The number of nitrogens with zero attached hydrogens (tertiary/aromatic N) is 3. The maximum Gasteiger partial charge on any atom is 0.306 e. The number of carbonyl (C=O) groups is 1. The van der Waals surface area contributed by atoms with E-state index in [0.717, 1.165) is 6.42 Å². The highest BCUT2D eigenvalue weighted by Crippen LogP contribution is 2.28. The Hall–Kier alpha value is -1.60. The van der Waals surface area contributed by atoms with Crippen LogP contribution >= 0.6 is 11.6 Å². The van der Waals surface area contributed by atoms with Gasteiger partial charge in [0, 0.05) is 13.1 Å². The van der Waals surface area contributed by atoms with Crippen LogP contribution < -0.4 is 10.2 Å². The molecular formula is C14H21ClN4O3. The van der Waals surface area contributed by atoms with Crippen LogP contribution in [0, 0.1) is 5.92 Å². The number of carboxylic acid groups (broad SMARTS) is 1. The Kier molecular flexibility index (Phi) is 5.79. The summed E-state index contributed by atoms with van der Waals surface area (Å²) in [7, 11) is 0. The van der Waals surface area contributed by atoms with Crippen LogP contribution in [-0.4, -0.2) is 51.9 Å². The molecule has 122 valence electrons. The number of hydrogen-bond donors (Lipinski definition) is 3. The molecule has 1 aromatic rings. The van der Waals surface area contributed by atoms with E-state index in [2.05, 4.69) is 15.3 Å². The lowest BCUT2D eigenvalue weighted by Crippen LogP contribution is -2.37. The van der Waals surface area contributed by atoms with Gasteiger partial charge in [0.1, 0.15) is 5.02 Å². The molecule has 0 saturated carbocycles. The molecule has 3 N–H and O–H groups in total. The molecule has 0 amide bonds. The molecule has 1 atom stereocenters. The first kappa shape index (κ1) is 16.8. The molecule has 1 unspecified atom stereocenters. The van der Waals surface area contributed by atoms with E-state index in [9.17, 15) is 9.90 Å². The lowest BCUT2D eigenvalue weighted by Gasteiger charge is -2.31. The fourth-order valence-electron chi connectivity index (χ4n) is 2.45. The first-order chi connectivity index (χ1) is 10.5. The number of nitrogens with one attached hydrogen (secondary N) is 1. The molecule has 22 heavy (non-hydrogen) atoms. The number of aliphatic carboxylic acids is 1. The molecule has 0 aliphatic carbocycles. The van der Waals surface area contributed by atoms with Crippen LogP contribution in [0.3, 0.4) is 0 Å². The van der Waals surface area contributed by atoms with Crippen LogP contribution in [0.2, 0.25) is 5.02 Å². The van der Waals surface area contributed by atoms with E-state index in [1.54, 1.807) is 0 Å². The predicted molar refractivity (Wildman–Crippen MR) is 84.4 cm³/mol. The van der Waals surface area contributed by atoms with Gasteiger partial charge >= 0.3 is 5.97 Å². The number of hydrogen-bond acceptors (Lipinski definition) is 6. The molecule has 8 heteroatoms. The monoisotopic (exact) mass is 328 g/mol. The minimum absolute atomic E-state index is 0.00181. The van der Waals surface area contributed by atoms with E-state index in [-0.39, 0.29) is 18.6 Å². The van der Waals surface area contributed by atoms with Crippen LogP contribution in [0.5, 0.6) is 0 Å². The average molecular weight is 329 g/mol. The van der Waals surface area contributed by atoms with Crippen molar-refractivity contribution in [1.29, 1.82) is 0 Å². The van der Waals surface area contributed by atoms with Crippen molar-refractivity contribution >= 4 is 29.3 Å². The second-order valence-electron chi connectivity index (χ2n) is 5.40. The van der Waals surface area contributed by atoms with E-state index in [0.29, 0.717) is 42.7 Å². The van der Waals surface area contributed by atoms with Gasteiger partial charge in [-0.15, -0.1) is 0 Å². The number of anilines is 2. The Morgan fingerprint density at radius 2 is 2.23 bits per heavy atom. The van der Waals surface area contributed by atoms with Crippen molar-refractivity contribution < 1.29 is 15.0 Å². The average Bonchev–Trinajstić information content (AvgIpc) is 2.54. The molecule has 0 aromatic carbocycles. The molecule has 7 nitrogen and oxygen atoms in total. The summed E-state index contributed by atoms with van der Waals surface area (Å²) in [5, 5.41) is 21.8. The number of rotatable bonds is 6. The third-order valence-corrected chi connectivity index (χ3v) is 4.18. The summed E-state index contributed by atoms with van der Waals surface area (Å²) in [6.45, 7) is 3.16. The Balaban J connectivity index is 2.09. The van der Waals surface area contributed by atoms with Gasteiger partial charge in [-0.1, -0.05) is 18.5 Å². The molecule has 0 radical (unpaired) electrons. The van der Waals surface area contributed by atoms with E-state index < -0.39 is 5.97 Å². The van der Waals surface area contributed by atoms with Crippen molar-refractivity contribution in [1.82, 2.24) is 9.97 Å². The normalized spacial score (nSPS) is 17.3. The van der Waals surface area contributed by atoms with Gasteiger partial charge in [0.25, 0.3) is 0 Å². The first-order valence-electron chi connectivity index (χ1n) is 7.42. The van der Waals surface area contributed by atoms with Gasteiger partial charge in [-0.3, -0.25) is 4.79 Å². The van der Waals surface area contributed by atoms with E-state index in [1.165, 1.54) is 6.20 Å². The zero-order valence-corrected chi connectivity index (χ0v) is 13.3. The topological polar surface area (TPSA) is 98.6 Å². The highest BCUT2D eigenvalue weighted by atomic mass is 35.5. The second-order valence-corrected chi connectivity index (χ2v) is 5.80. The minimum atomic E-state index is -0.746. The maximum absolute atomic E-state index is 11.0. The van der Waals surface area contributed by atoms with Gasteiger partial charge in [0.05, 0.1) is 24.8 Å². The van der Waals surface area contributed by atoms with E-state index >= 15 is 0 Å². The first-order valence-corrected chi connectivity index (χ1v) is 7.80. The lowest BCUT2D eigenvalue weighted by atomic mass is 9.97. The largest absolute Gasteiger partial charge is 0.481 e. The quantitative estimate of drug-likeness (QED) is 0.729. The van der Waals surface area contributed by atoms with Crippen LogP contribution in [0.1, 0.15) is 26.2 Å². The highest BCUT2D eigenvalue weighted by Gasteiger charge is 2.26. The molecule has 0 spiro atoms. The van der Waals surface area contributed by atoms with Gasteiger partial charge in [0.2, 0.25) is 5.95 Å². The predicted octanol–water partition coefficient (Wildman–Crippen LogP) is 1.61. The van der Waals surface area contributed by atoms with Crippen molar-refractivity contribution in [3.05, 3.63) is 11.2 Å². The number of carboxylic acids is 1. The Bertz CT molecular complexity index is 517. The number of aliphatic hydroxyl groups is 1. The van der Waals surface area contributed by atoms with Crippen LogP contribution in [0.15, 0.2) is 6.20 Å². The second kappa shape index (κ2) is 7.60. The minimum Gasteiger partial charge on any atom is -0.481 e. The zero-order valence-electron chi connectivity index (χ0n) is 12.5. The lowest BCUT2D eigenvalue weighted by molar-refractivity contribution is -0.142. The van der Waals surface area contributed by atoms with Gasteiger partial charge in [-0.05, 0) is 19.3 Å². The van der Waals surface area contributed by atoms with Gasteiger partial charge in [-0.2, -0.15) is 4.98 Å². The van der Waals surface area contributed by atoms with Gasteiger partial charge < -0.3 is 20.4 Å². The van der Waals surface area contributed by atoms with Crippen LogP contribution in [0.4, 0.5) is 11.8 Å². The summed E-state index contributed by atoms with van der Waals surface area (Å²) in [4.78, 5) is 21.5. The zero-order chi connectivity index (χ0) is 16.1. The number of aromatic nitrogens is 2. The van der Waals surface area contributed by atoms with Crippen molar-refractivity contribution in [3.63, 3.8) is 0 Å². The smallest absolute Gasteiger partial charge is 0.306 e. The Labute approximate surface area is 134 Å². The molecule has 1 aromatic heterocycles. The summed E-state index contributed by atoms with van der Waals surface area (Å²) in [5.74, 6) is -0.0192. The van der Waals surface area contributed by atoms with E-state index in [4.69, 9.17) is 16.7 Å². The molecule has 1 aliphatic rings. The summed E-state index contributed by atoms with van der Waals surface area (Å²) in [6.07, 6.45) is 3.43. The fraction of sp³-hybridized carbons (Fsp3) is 0.643. The number of halogens is 1. The molecule has 1 saturated heterocycles. The van der Waals surface area contributed by atoms with Crippen molar-refractivity contribution in [2.24, 2.45) is 5.92 Å². The van der Waals surface area contributed by atoms with Crippen molar-refractivity contribution in [2.75, 3.05) is 29.9 Å². The number of aliphatic hydroxyl groups excluding tert-OH is 1. The molecular weight excluding hydrogens is 308 g/mol. The Morgan fingerprint density at radius 3 is 2.77 bits per heavy atom. The standard InChI is InChI=1S/C14H21ClN4O3/c1-2-10(8-20)17-14-16-7-11(15)12(18-14)19-5-3-9(4-6-19)13(21)22/h7,9-10,20H,2-6,8H2,1H3,(H,21,22)(H,16,17,18). The van der Waals surface area contributed by atoms with Crippen LogP contribution in [-0.2, 0) is 4.79 Å². The highest BCUT2D eigenvalue weighted by molar-refractivity contribution is 6.32. The van der Waals surface area contributed by atoms with Gasteiger partial charge in [-0.25, -0.2) is 4.98 Å². The summed E-state index contributed by atoms with van der Waals surface area (Å²) in [5.41, 5.74) is 0. The molecule has 1 fully saturated rings. The molecule has 0 bridgehead atoms.